The van der Waals surface area contributed by atoms with Gasteiger partial charge in [0.2, 0.25) is 0 Å². The Bertz CT molecular complexity index is 247. The van der Waals surface area contributed by atoms with Crippen LogP contribution in [-0.2, 0) is 6.54 Å². The lowest BCUT2D eigenvalue weighted by Gasteiger charge is -2.29. The molecule has 13 heavy (non-hydrogen) atoms. The summed E-state index contributed by atoms with van der Waals surface area (Å²) in [7, 11) is 0. The summed E-state index contributed by atoms with van der Waals surface area (Å²) < 4.78 is 0. The van der Waals surface area contributed by atoms with Crippen molar-refractivity contribution in [2.75, 3.05) is 13.1 Å². The molecule has 0 saturated carbocycles. The van der Waals surface area contributed by atoms with Crippen molar-refractivity contribution in [1.82, 2.24) is 4.90 Å². The highest BCUT2D eigenvalue weighted by Gasteiger charge is 2.17. The number of alkyl halides is 1. The number of rotatable bonds is 2. The van der Waals surface area contributed by atoms with Gasteiger partial charge in [-0.15, -0.1) is 11.3 Å². The number of halogens is 1. The summed E-state index contributed by atoms with van der Waals surface area (Å²) >= 11 is 5.56. The Kier molecular flexibility index (Phi) is 3.41. The second-order valence-corrected chi connectivity index (χ2v) is 5.88. The van der Waals surface area contributed by atoms with Gasteiger partial charge in [-0.05, 0) is 30.8 Å². The first-order chi connectivity index (χ1) is 6.34. The first-order valence-corrected chi connectivity index (χ1v) is 6.53. The topological polar surface area (TPSA) is 3.24 Å². The van der Waals surface area contributed by atoms with E-state index in [0.29, 0.717) is 4.83 Å². The summed E-state index contributed by atoms with van der Waals surface area (Å²) in [6.07, 6.45) is 2.67. The molecule has 1 aromatic heterocycles. The molecule has 3 heteroatoms. The molecule has 0 N–H and O–H groups in total. The Morgan fingerprint density at radius 1 is 1.62 bits per heavy atom. The Balaban J connectivity index is 1.87. The van der Waals surface area contributed by atoms with Gasteiger partial charge in [-0.1, -0.05) is 22.0 Å². The zero-order valence-corrected chi connectivity index (χ0v) is 9.98. The van der Waals surface area contributed by atoms with Crippen molar-refractivity contribution < 1.29 is 0 Å². The predicted octanol–water partition coefficient (Wildman–Crippen LogP) is 3.11. The van der Waals surface area contributed by atoms with Gasteiger partial charge in [-0.2, -0.15) is 0 Å². The minimum Gasteiger partial charge on any atom is -0.297 e. The molecule has 2 rings (SSSR count). The molecule has 0 bridgehead atoms. The van der Waals surface area contributed by atoms with Crippen LogP contribution in [0.5, 0.6) is 0 Å². The van der Waals surface area contributed by atoms with Gasteiger partial charge in [0.05, 0.1) is 0 Å². The summed E-state index contributed by atoms with van der Waals surface area (Å²) in [5.74, 6) is 0. The van der Waals surface area contributed by atoms with E-state index in [-0.39, 0.29) is 0 Å². The smallest absolute Gasteiger partial charge is 0.0328 e. The molecule has 72 valence electrons. The first-order valence-electron chi connectivity index (χ1n) is 4.73. The van der Waals surface area contributed by atoms with Crippen LogP contribution in [0.3, 0.4) is 0 Å². The number of likely N-dealkylation sites (tertiary alicyclic amines) is 1. The molecule has 0 amide bonds. The van der Waals surface area contributed by atoms with E-state index in [0.717, 1.165) is 6.54 Å². The van der Waals surface area contributed by atoms with Crippen LogP contribution in [0.15, 0.2) is 17.5 Å². The van der Waals surface area contributed by atoms with E-state index in [1.165, 1.54) is 30.8 Å². The maximum absolute atomic E-state index is 3.69. The second kappa shape index (κ2) is 4.58. The minimum atomic E-state index is 0.709. The van der Waals surface area contributed by atoms with Gasteiger partial charge in [-0.25, -0.2) is 0 Å². The van der Waals surface area contributed by atoms with Gasteiger partial charge < -0.3 is 0 Å². The summed E-state index contributed by atoms with van der Waals surface area (Å²) in [5, 5.41) is 2.16. The minimum absolute atomic E-state index is 0.709. The summed E-state index contributed by atoms with van der Waals surface area (Å²) in [4.78, 5) is 4.73. The van der Waals surface area contributed by atoms with Crippen molar-refractivity contribution in [1.29, 1.82) is 0 Å². The van der Waals surface area contributed by atoms with Crippen LogP contribution in [0.1, 0.15) is 17.7 Å². The quantitative estimate of drug-likeness (QED) is 0.738. The predicted molar refractivity (Wildman–Crippen MR) is 61.5 cm³/mol. The van der Waals surface area contributed by atoms with Crippen molar-refractivity contribution >= 4 is 27.3 Å². The standard InChI is InChI=1S/C10H14BrNS/c11-9-3-1-5-12(7-9)8-10-4-2-6-13-10/h2,4,6,9H,1,3,5,7-8H2. The Labute approximate surface area is 91.9 Å². The second-order valence-electron chi connectivity index (χ2n) is 3.55. The van der Waals surface area contributed by atoms with Crippen molar-refractivity contribution in [3.05, 3.63) is 22.4 Å². The van der Waals surface area contributed by atoms with Crippen LogP contribution >= 0.6 is 27.3 Å². The lowest BCUT2D eigenvalue weighted by molar-refractivity contribution is 0.229. The molecule has 1 atom stereocenters. The van der Waals surface area contributed by atoms with Crippen LogP contribution in [-0.4, -0.2) is 22.8 Å². The molecule has 0 spiro atoms. The fourth-order valence-electron chi connectivity index (χ4n) is 1.77. The molecule has 1 aromatic rings. The Hall–Kier alpha value is 0.140. The molecule has 1 aliphatic heterocycles. The highest BCUT2D eigenvalue weighted by molar-refractivity contribution is 9.09. The van der Waals surface area contributed by atoms with E-state index in [4.69, 9.17) is 0 Å². The van der Waals surface area contributed by atoms with E-state index in [1.807, 2.05) is 11.3 Å². The molecule has 1 fully saturated rings. The molecule has 2 heterocycles. The van der Waals surface area contributed by atoms with Crippen LogP contribution < -0.4 is 0 Å². The molecule has 1 nitrogen and oxygen atoms in total. The van der Waals surface area contributed by atoms with Crippen LogP contribution in [0, 0.1) is 0 Å². The van der Waals surface area contributed by atoms with Gasteiger partial charge >= 0.3 is 0 Å². The molecular formula is C10H14BrNS. The molecule has 0 aliphatic carbocycles. The average molecular weight is 260 g/mol. The van der Waals surface area contributed by atoms with Crippen molar-refractivity contribution in [2.24, 2.45) is 0 Å². The number of hydrogen-bond donors (Lipinski definition) is 0. The van der Waals surface area contributed by atoms with Gasteiger partial charge in [0, 0.05) is 22.8 Å². The van der Waals surface area contributed by atoms with Crippen molar-refractivity contribution in [3.63, 3.8) is 0 Å². The molecule has 1 saturated heterocycles. The van der Waals surface area contributed by atoms with Crippen LogP contribution in [0.4, 0.5) is 0 Å². The van der Waals surface area contributed by atoms with Crippen LogP contribution in [0.25, 0.3) is 0 Å². The van der Waals surface area contributed by atoms with E-state index in [2.05, 4.69) is 38.3 Å². The van der Waals surface area contributed by atoms with Gasteiger partial charge in [0.15, 0.2) is 0 Å². The SMILES string of the molecule is BrC1CCCN(Cc2cccs2)C1. The Morgan fingerprint density at radius 3 is 3.23 bits per heavy atom. The lowest BCUT2D eigenvalue weighted by atomic mass is 10.1. The van der Waals surface area contributed by atoms with Gasteiger partial charge in [0.1, 0.15) is 0 Å². The lowest BCUT2D eigenvalue weighted by Crippen LogP contribution is -2.34. The Morgan fingerprint density at radius 2 is 2.54 bits per heavy atom. The van der Waals surface area contributed by atoms with Gasteiger partial charge in [0.25, 0.3) is 0 Å². The van der Waals surface area contributed by atoms with Crippen molar-refractivity contribution in [3.8, 4) is 0 Å². The number of hydrogen-bond acceptors (Lipinski definition) is 2. The highest BCUT2D eigenvalue weighted by atomic mass is 79.9. The van der Waals surface area contributed by atoms with E-state index >= 15 is 0 Å². The summed E-state index contributed by atoms with van der Waals surface area (Å²) in [5.41, 5.74) is 0. The summed E-state index contributed by atoms with van der Waals surface area (Å²) in [6.45, 7) is 3.61. The largest absolute Gasteiger partial charge is 0.297 e. The normalized spacial score (nSPS) is 24.8. The van der Waals surface area contributed by atoms with E-state index < -0.39 is 0 Å². The zero-order valence-electron chi connectivity index (χ0n) is 7.58. The summed E-state index contributed by atoms with van der Waals surface area (Å²) in [6, 6.07) is 4.36. The van der Waals surface area contributed by atoms with Crippen molar-refractivity contribution in [2.45, 2.75) is 24.2 Å². The average Bonchev–Trinajstić information content (AvgIpc) is 2.57. The maximum atomic E-state index is 3.69. The van der Waals surface area contributed by atoms with Crippen LogP contribution in [0.2, 0.25) is 0 Å². The fraction of sp³-hybridized carbons (Fsp3) is 0.600. The fourth-order valence-corrected chi connectivity index (χ4v) is 3.25. The molecule has 1 aliphatic rings. The third-order valence-corrected chi connectivity index (χ3v) is 4.02. The van der Waals surface area contributed by atoms with E-state index in [1.54, 1.807) is 0 Å². The van der Waals surface area contributed by atoms with E-state index in [9.17, 15) is 0 Å². The molecule has 0 radical (unpaired) electrons. The molecular weight excluding hydrogens is 246 g/mol. The number of piperidine rings is 1. The maximum Gasteiger partial charge on any atom is 0.0328 e. The molecule has 0 aromatic carbocycles. The van der Waals surface area contributed by atoms with Gasteiger partial charge in [-0.3, -0.25) is 4.90 Å². The number of nitrogens with zero attached hydrogens (tertiary/aromatic N) is 1. The third kappa shape index (κ3) is 2.79. The number of thiophene rings is 1. The molecule has 1 unspecified atom stereocenters. The third-order valence-electron chi connectivity index (χ3n) is 2.41. The monoisotopic (exact) mass is 259 g/mol. The first kappa shape index (κ1) is 9.69. The zero-order chi connectivity index (χ0) is 9.10. The highest BCUT2D eigenvalue weighted by Crippen LogP contribution is 2.20.